The van der Waals surface area contributed by atoms with Crippen molar-refractivity contribution in [2.24, 2.45) is 10.4 Å². The average Bonchev–Trinajstić information content (AvgIpc) is 2.56. The zero-order valence-electron chi connectivity index (χ0n) is 16.2. The number of ether oxygens (including phenoxy) is 1. The third-order valence-electron chi connectivity index (χ3n) is 4.53. The number of carbonyl (C=O) groups excluding carboxylic acids is 1. The number of guanidine groups is 1. The van der Waals surface area contributed by atoms with Gasteiger partial charge in [-0.2, -0.15) is 0 Å². The fraction of sp³-hybridized carbons (Fsp3) is 0.889. The first-order valence-corrected chi connectivity index (χ1v) is 9.08. The molecule has 0 aliphatic heterocycles. The Kier molecular flexibility index (Phi) is 9.11. The summed E-state index contributed by atoms with van der Waals surface area (Å²) in [5.41, 5.74) is 0.108. The van der Waals surface area contributed by atoms with E-state index in [0.717, 1.165) is 25.5 Å². The quantitative estimate of drug-likeness (QED) is 0.524. The highest BCUT2D eigenvalue weighted by Crippen LogP contribution is 2.19. The van der Waals surface area contributed by atoms with Gasteiger partial charge in [-0.25, -0.2) is 4.99 Å². The largest absolute Gasteiger partial charge is 0.385 e. The summed E-state index contributed by atoms with van der Waals surface area (Å²) in [6.07, 6.45) is 7.18. The summed E-state index contributed by atoms with van der Waals surface area (Å²) in [5, 5.41) is 6.94. The normalized spacial score (nSPS) is 16.8. The second-order valence-electron chi connectivity index (χ2n) is 7.69. The van der Waals surface area contributed by atoms with Crippen molar-refractivity contribution >= 4 is 11.9 Å². The predicted octanol–water partition coefficient (Wildman–Crippen LogP) is 2.01. The van der Waals surface area contributed by atoms with Crippen LogP contribution in [0.25, 0.3) is 0 Å². The average molecular weight is 341 g/mol. The molecule has 140 valence electrons. The van der Waals surface area contributed by atoms with Crippen LogP contribution in [-0.4, -0.2) is 63.7 Å². The van der Waals surface area contributed by atoms with Gasteiger partial charge in [-0.15, -0.1) is 0 Å². The SMILES string of the molecule is COCCC(C)(C)CNC(=NCC(=O)N(C)C)NC1CCCCC1. The van der Waals surface area contributed by atoms with E-state index in [1.165, 1.54) is 32.1 Å². The lowest BCUT2D eigenvalue weighted by molar-refractivity contribution is -0.127. The molecule has 1 fully saturated rings. The number of nitrogens with zero attached hydrogens (tertiary/aromatic N) is 2. The van der Waals surface area contributed by atoms with Crippen LogP contribution in [0.2, 0.25) is 0 Å². The summed E-state index contributed by atoms with van der Waals surface area (Å²) in [7, 11) is 5.24. The van der Waals surface area contributed by atoms with Gasteiger partial charge in [0.05, 0.1) is 0 Å². The lowest BCUT2D eigenvalue weighted by atomic mass is 9.90. The molecule has 0 bridgehead atoms. The summed E-state index contributed by atoms with van der Waals surface area (Å²) in [4.78, 5) is 17.9. The molecule has 0 heterocycles. The van der Waals surface area contributed by atoms with E-state index in [2.05, 4.69) is 29.5 Å². The first-order valence-electron chi connectivity index (χ1n) is 9.08. The van der Waals surface area contributed by atoms with Gasteiger partial charge in [0, 0.05) is 40.4 Å². The molecular weight excluding hydrogens is 304 g/mol. The molecule has 1 amide bonds. The van der Waals surface area contributed by atoms with Crippen LogP contribution >= 0.6 is 0 Å². The summed E-state index contributed by atoms with van der Waals surface area (Å²) in [6.45, 7) is 6.14. The second kappa shape index (κ2) is 10.5. The Bertz CT molecular complexity index is 402. The topological polar surface area (TPSA) is 66.0 Å². The van der Waals surface area contributed by atoms with E-state index in [9.17, 15) is 4.79 Å². The van der Waals surface area contributed by atoms with Crippen LogP contribution in [-0.2, 0) is 9.53 Å². The molecule has 0 saturated heterocycles. The number of hydrogen-bond donors (Lipinski definition) is 2. The van der Waals surface area contributed by atoms with Gasteiger partial charge >= 0.3 is 0 Å². The Morgan fingerprint density at radius 1 is 1.25 bits per heavy atom. The number of hydrogen-bond acceptors (Lipinski definition) is 3. The van der Waals surface area contributed by atoms with E-state index in [1.54, 1.807) is 26.1 Å². The number of aliphatic imine (C=N–C) groups is 1. The smallest absolute Gasteiger partial charge is 0.243 e. The van der Waals surface area contributed by atoms with Gasteiger partial charge in [0.2, 0.25) is 5.91 Å². The highest BCUT2D eigenvalue weighted by molar-refractivity contribution is 5.84. The maximum absolute atomic E-state index is 11.8. The van der Waals surface area contributed by atoms with E-state index in [0.29, 0.717) is 6.04 Å². The number of methoxy groups -OCH3 is 1. The molecule has 0 atom stereocenters. The molecule has 6 nitrogen and oxygen atoms in total. The summed E-state index contributed by atoms with van der Waals surface area (Å²) >= 11 is 0. The Hall–Kier alpha value is -1.30. The second-order valence-corrected chi connectivity index (χ2v) is 7.69. The van der Waals surface area contributed by atoms with E-state index >= 15 is 0 Å². The van der Waals surface area contributed by atoms with E-state index in [-0.39, 0.29) is 17.9 Å². The predicted molar refractivity (Wildman–Crippen MR) is 99.3 cm³/mol. The molecule has 1 saturated carbocycles. The van der Waals surface area contributed by atoms with Crippen LogP contribution in [0.15, 0.2) is 4.99 Å². The molecule has 1 rings (SSSR count). The molecule has 1 aliphatic carbocycles. The number of nitrogens with one attached hydrogen (secondary N) is 2. The zero-order chi connectivity index (χ0) is 18.0. The third kappa shape index (κ3) is 8.52. The molecule has 2 N–H and O–H groups in total. The molecule has 0 aromatic carbocycles. The van der Waals surface area contributed by atoms with Crippen molar-refractivity contribution in [3.05, 3.63) is 0 Å². The van der Waals surface area contributed by atoms with Crippen molar-refractivity contribution in [1.29, 1.82) is 0 Å². The summed E-state index contributed by atoms with van der Waals surface area (Å²) in [5.74, 6) is 0.765. The molecule has 6 heteroatoms. The standard InChI is InChI=1S/C18H36N4O2/c1-18(2,11-12-24-5)14-20-17(19-13-16(23)22(3)4)21-15-9-7-6-8-10-15/h15H,6-14H2,1-5H3,(H2,19,20,21). The van der Waals surface area contributed by atoms with E-state index < -0.39 is 0 Å². The lowest BCUT2D eigenvalue weighted by Gasteiger charge is -2.29. The molecule has 0 aromatic heterocycles. The van der Waals surface area contributed by atoms with Gasteiger partial charge in [-0.1, -0.05) is 33.1 Å². The van der Waals surface area contributed by atoms with Crippen LogP contribution in [0.1, 0.15) is 52.4 Å². The molecule has 1 aliphatic rings. The van der Waals surface area contributed by atoms with Crippen molar-refractivity contribution in [1.82, 2.24) is 15.5 Å². The van der Waals surface area contributed by atoms with Crippen LogP contribution in [0.3, 0.4) is 0 Å². The first kappa shape index (κ1) is 20.7. The fourth-order valence-corrected chi connectivity index (χ4v) is 2.67. The molecule has 0 radical (unpaired) electrons. The van der Waals surface area contributed by atoms with Gasteiger partial charge < -0.3 is 20.3 Å². The Balaban J connectivity index is 2.61. The van der Waals surface area contributed by atoms with Gasteiger partial charge in [-0.3, -0.25) is 4.79 Å². The molecular formula is C18H36N4O2. The van der Waals surface area contributed by atoms with Gasteiger partial charge in [0.1, 0.15) is 6.54 Å². The molecule has 24 heavy (non-hydrogen) atoms. The van der Waals surface area contributed by atoms with Gasteiger partial charge in [0.25, 0.3) is 0 Å². The first-order chi connectivity index (χ1) is 11.3. The van der Waals surface area contributed by atoms with Crippen molar-refractivity contribution in [2.45, 2.75) is 58.4 Å². The fourth-order valence-electron chi connectivity index (χ4n) is 2.67. The molecule has 0 unspecified atom stereocenters. The van der Waals surface area contributed by atoms with Crippen molar-refractivity contribution in [3.8, 4) is 0 Å². The highest BCUT2D eigenvalue weighted by Gasteiger charge is 2.20. The highest BCUT2D eigenvalue weighted by atomic mass is 16.5. The molecule has 0 spiro atoms. The number of rotatable bonds is 8. The van der Waals surface area contributed by atoms with Gasteiger partial charge in [0.15, 0.2) is 5.96 Å². The number of carbonyl (C=O) groups is 1. The van der Waals surface area contributed by atoms with Crippen molar-refractivity contribution in [3.63, 3.8) is 0 Å². The van der Waals surface area contributed by atoms with Crippen LogP contribution in [0.5, 0.6) is 0 Å². The number of amides is 1. The van der Waals surface area contributed by atoms with Crippen LogP contribution in [0.4, 0.5) is 0 Å². The van der Waals surface area contributed by atoms with E-state index in [4.69, 9.17) is 4.74 Å². The summed E-state index contributed by atoms with van der Waals surface area (Å²) < 4.78 is 5.19. The Morgan fingerprint density at radius 2 is 1.92 bits per heavy atom. The summed E-state index contributed by atoms with van der Waals surface area (Å²) in [6, 6.07) is 0.460. The van der Waals surface area contributed by atoms with Crippen LogP contribution in [0, 0.1) is 5.41 Å². The maximum Gasteiger partial charge on any atom is 0.243 e. The van der Waals surface area contributed by atoms with E-state index in [1.807, 2.05) is 0 Å². The molecule has 0 aromatic rings. The minimum Gasteiger partial charge on any atom is -0.385 e. The van der Waals surface area contributed by atoms with Gasteiger partial charge in [-0.05, 0) is 24.7 Å². The van der Waals surface area contributed by atoms with Crippen LogP contribution < -0.4 is 10.6 Å². The van der Waals surface area contributed by atoms with Crippen molar-refractivity contribution in [2.75, 3.05) is 40.9 Å². The van der Waals surface area contributed by atoms with Crippen molar-refractivity contribution < 1.29 is 9.53 Å². The number of likely N-dealkylation sites (N-methyl/N-ethyl adjacent to an activating group) is 1. The monoisotopic (exact) mass is 340 g/mol. The lowest BCUT2D eigenvalue weighted by Crippen LogP contribution is -2.47. The minimum absolute atomic E-state index is 0.0124. The Labute approximate surface area is 147 Å². The maximum atomic E-state index is 11.8. The Morgan fingerprint density at radius 3 is 2.50 bits per heavy atom. The minimum atomic E-state index is 0.0124. The zero-order valence-corrected chi connectivity index (χ0v) is 16.2. The third-order valence-corrected chi connectivity index (χ3v) is 4.53.